The number of anilines is 1. The second kappa shape index (κ2) is 11.2. The van der Waals surface area contributed by atoms with Gasteiger partial charge in [0.1, 0.15) is 17.9 Å². The molecule has 0 fully saturated rings. The molecule has 13 heteroatoms. The van der Waals surface area contributed by atoms with E-state index in [9.17, 15) is 25.2 Å². The van der Waals surface area contributed by atoms with Crippen molar-refractivity contribution in [1.29, 1.82) is 0 Å². The first-order valence-electron chi connectivity index (χ1n) is 12.1. The molecular weight excluding hydrogens is 543 g/mol. The van der Waals surface area contributed by atoms with Crippen LogP contribution in [0.15, 0.2) is 70.3 Å². The van der Waals surface area contributed by atoms with Crippen molar-refractivity contribution in [2.45, 2.75) is 26.8 Å². The number of aryl methyl sites for hydroxylation is 1. The molecule has 0 unspecified atom stereocenters. The molecule has 0 atom stereocenters. The zero-order valence-corrected chi connectivity index (χ0v) is 22.2. The first-order chi connectivity index (χ1) is 18.2. The van der Waals surface area contributed by atoms with Crippen molar-refractivity contribution < 1.29 is 34.2 Å². The van der Waals surface area contributed by atoms with Crippen molar-refractivity contribution >= 4 is 47.5 Å². The fraction of sp³-hybridized carbons (Fsp3) is 0.269. The third-order valence-corrected chi connectivity index (χ3v) is 5.76. The summed E-state index contributed by atoms with van der Waals surface area (Å²) in [6, 6.07) is 19.0. The molecule has 0 saturated heterocycles. The molecule has 4 rings (SSSR count). The van der Waals surface area contributed by atoms with Gasteiger partial charge >= 0.3 is 33.0 Å². The normalized spacial score (nSPS) is 13.4. The molecule has 0 N–H and O–H groups in total. The third kappa shape index (κ3) is 9.81. The van der Waals surface area contributed by atoms with Gasteiger partial charge < -0.3 is 9.32 Å². The van der Waals surface area contributed by atoms with Crippen LogP contribution in [0.5, 0.6) is 0 Å². The summed E-state index contributed by atoms with van der Waals surface area (Å²) < 4.78 is 67.5. The van der Waals surface area contributed by atoms with Crippen LogP contribution < -0.4 is 9.47 Å². The van der Waals surface area contributed by atoms with Crippen molar-refractivity contribution in [2.75, 3.05) is 24.5 Å². The summed E-state index contributed by atoms with van der Waals surface area (Å²) in [6.07, 6.45) is 7.04. The Kier molecular flexibility index (Phi) is 8.53. The van der Waals surface area contributed by atoms with E-state index in [1.807, 2.05) is 12.1 Å². The number of azide groups is 1. The second-order valence-electron chi connectivity index (χ2n) is 8.62. The molecule has 2 aromatic carbocycles. The maximum atomic E-state index is 9.87. The standard InChI is InChI=1S/C26H28N5O.F6P/c1-3-30(4-2)22-12-10-21-18-23(32-26(21)19-22)13-11-20-14-17-31(16-7-15-28-29-27)25-9-6-5-8-24(20)25;1-7(2,3,4,5)6/h5-6,8-14,17-19H,3-4,7,15-16H2,1-2H3;/q+1;-1. The van der Waals surface area contributed by atoms with Gasteiger partial charge in [0.25, 0.3) is 0 Å². The van der Waals surface area contributed by atoms with Crippen LogP contribution >= 0.6 is 7.81 Å². The number of aromatic nitrogens is 1. The molecule has 210 valence electrons. The van der Waals surface area contributed by atoms with E-state index in [2.05, 4.69) is 94.1 Å². The quantitative estimate of drug-likeness (QED) is 0.0382. The van der Waals surface area contributed by atoms with Gasteiger partial charge in [-0.15, -0.1) is 0 Å². The Hall–Kier alpha value is -3.75. The van der Waals surface area contributed by atoms with Crippen molar-refractivity contribution in [1.82, 2.24) is 0 Å². The summed E-state index contributed by atoms with van der Waals surface area (Å²) >= 11 is 0. The number of halogens is 6. The zero-order chi connectivity index (χ0) is 28.7. The third-order valence-electron chi connectivity index (χ3n) is 5.76. The Morgan fingerprint density at radius 1 is 0.974 bits per heavy atom. The van der Waals surface area contributed by atoms with Gasteiger partial charge in [-0.2, -0.15) is 4.57 Å². The molecular formula is C26H28F6N5OP. The fourth-order valence-electron chi connectivity index (χ4n) is 4.09. The summed E-state index contributed by atoms with van der Waals surface area (Å²) in [4.78, 5) is 5.14. The maximum absolute atomic E-state index is 10.7. The monoisotopic (exact) mass is 571 g/mol. The van der Waals surface area contributed by atoms with Crippen LogP contribution in [0.2, 0.25) is 0 Å². The van der Waals surface area contributed by atoms with Crippen molar-refractivity contribution in [3.63, 3.8) is 0 Å². The summed E-state index contributed by atoms with van der Waals surface area (Å²) in [5.41, 5.74) is 12.9. The Morgan fingerprint density at radius 2 is 1.67 bits per heavy atom. The summed E-state index contributed by atoms with van der Waals surface area (Å²) in [6.45, 7) is 7.59. The molecule has 0 radical (unpaired) electrons. The van der Waals surface area contributed by atoms with E-state index in [-0.39, 0.29) is 0 Å². The van der Waals surface area contributed by atoms with Crippen molar-refractivity contribution in [2.24, 2.45) is 5.11 Å². The van der Waals surface area contributed by atoms with E-state index >= 15 is 0 Å². The summed E-state index contributed by atoms with van der Waals surface area (Å²) in [5.74, 6) is 0.840. The molecule has 0 amide bonds. The van der Waals surface area contributed by atoms with Gasteiger partial charge in [-0.3, -0.25) is 0 Å². The van der Waals surface area contributed by atoms with E-state index in [1.54, 1.807) is 0 Å². The molecule has 0 spiro atoms. The van der Waals surface area contributed by atoms with Gasteiger partial charge in [0.15, 0.2) is 6.20 Å². The molecule has 2 heterocycles. The molecule has 4 aromatic rings. The number of furan rings is 1. The number of fused-ring (bicyclic) bond motifs is 2. The van der Waals surface area contributed by atoms with Gasteiger partial charge in [-0.05, 0) is 55.3 Å². The molecule has 0 saturated carbocycles. The van der Waals surface area contributed by atoms with Crippen LogP contribution in [0.1, 0.15) is 31.6 Å². The van der Waals surface area contributed by atoms with Crippen LogP contribution in [0, 0.1) is 0 Å². The first-order valence-corrected chi connectivity index (χ1v) is 14.2. The van der Waals surface area contributed by atoms with Gasteiger partial charge in [-0.1, -0.05) is 23.3 Å². The molecule has 0 aliphatic rings. The first kappa shape index (κ1) is 29.8. The Bertz CT molecular complexity index is 1510. The van der Waals surface area contributed by atoms with Gasteiger partial charge in [-0.25, -0.2) is 0 Å². The molecule has 0 bridgehead atoms. The predicted molar refractivity (Wildman–Crippen MR) is 145 cm³/mol. The van der Waals surface area contributed by atoms with Crippen LogP contribution in [0.4, 0.5) is 30.9 Å². The van der Waals surface area contributed by atoms with Crippen molar-refractivity contribution in [3.8, 4) is 0 Å². The summed E-state index contributed by atoms with van der Waals surface area (Å²) in [5, 5.41) is 5.92. The average Bonchev–Trinajstić information content (AvgIpc) is 3.27. The minimum atomic E-state index is -10.7. The number of benzene rings is 2. The Balaban J connectivity index is 0.000000532. The van der Waals surface area contributed by atoms with Crippen LogP contribution in [0.3, 0.4) is 0 Å². The number of hydrogen-bond acceptors (Lipinski definition) is 3. The second-order valence-corrected chi connectivity index (χ2v) is 10.5. The Morgan fingerprint density at radius 3 is 2.33 bits per heavy atom. The van der Waals surface area contributed by atoms with Crippen LogP contribution in [-0.4, -0.2) is 19.6 Å². The predicted octanol–water partition coefficient (Wildman–Crippen LogP) is 9.97. The molecule has 39 heavy (non-hydrogen) atoms. The number of rotatable bonds is 9. The average molecular weight is 572 g/mol. The van der Waals surface area contributed by atoms with Gasteiger partial charge in [0.2, 0.25) is 5.52 Å². The number of pyridine rings is 1. The van der Waals surface area contributed by atoms with E-state index in [4.69, 9.17) is 9.95 Å². The molecule has 6 nitrogen and oxygen atoms in total. The van der Waals surface area contributed by atoms with E-state index in [0.717, 1.165) is 53.9 Å². The van der Waals surface area contributed by atoms with Crippen LogP contribution in [0.25, 0.3) is 44.5 Å². The van der Waals surface area contributed by atoms with Gasteiger partial charge in [0, 0.05) is 60.2 Å². The van der Waals surface area contributed by atoms with E-state index in [0.29, 0.717) is 6.54 Å². The summed E-state index contributed by atoms with van der Waals surface area (Å²) in [7, 11) is -10.7. The SMILES string of the molecule is CCN(CC)c1ccc2cc(/C=C/c3cc[n+](CCCN=[N+]=[N-])c4ccccc34)oc2c1.F[P-](F)(F)(F)(F)F. The molecule has 2 aromatic heterocycles. The zero-order valence-electron chi connectivity index (χ0n) is 21.3. The topological polar surface area (TPSA) is 69.0 Å². The number of nitrogens with zero attached hydrogens (tertiary/aromatic N) is 5. The van der Waals surface area contributed by atoms with Gasteiger partial charge in [0.05, 0.1) is 5.39 Å². The van der Waals surface area contributed by atoms with Crippen molar-refractivity contribution in [3.05, 3.63) is 82.6 Å². The minimum absolute atomic E-state index is 0.502. The fourth-order valence-corrected chi connectivity index (χ4v) is 4.09. The van der Waals surface area contributed by atoms with E-state index < -0.39 is 7.81 Å². The molecule has 0 aliphatic heterocycles. The Labute approximate surface area is 221 Å². The van der Waals surface area contributed by atoms with Crippen LogP contribution in [-0.2, 0) is 6.54 Å². The van der Waals surface area contributed by atoms with E-state index in [1.165, 1.54) is 11.1 Å². The number of hydrogen-bond donors (Lipinski definition) is 0. The molecule has 0 aliphatic carbocycles. The number of para-hydroxylation sites is 1.